The summed E-state index contributed by atoms with van der Waals surface area (Å²) < 4.78 is 0. The number of aryl methyl sites for hydroxylation is 1. The first-order valence-corrected chi connectivity index (χ1v) is 8.75. The number of halogens is 1. The Morgan fingerprint density at radius 1 is 1.21 bits per heavy atom. The number of anilines is 1. The summed E-state index contributed by atoms with van der Waals surface area (Å²) in [7, 11) is 1.85. The summed E-state index contributed by atoms with van der Waals surface area (Å²) in [6.45, 7) is 6.81. The largest absolute Gasteiger partial charge is 0.368 e. The number of benzene rings is 1. The van der Waals surface area contributed by atoms with Crippen molar-refractivity contribution in [3.8, 4) is 0 Å². The molecule has 0 saturated carbocycles. The van der Waals surface area contributed by atoms with Crippen molar-refractivity contribution in [1.29, 1.82) is 0 Å². The lowest BCUT2D eigenvalue weighted by Crippen LogP contribution is -2.52. The van der Waals surface area contributed by atoms with E-state index in [0.29, 0.717) is 0 Å². The van der Waals surface area contributed by atoms with Crippen LogP contribution in [0.3, 0.4) is 0 Å². The second kappa shape index (κ2) is 9.22. The molecule has 1 aliphatic heterocycles. The summed E-state index contributed by atoms with van der Waals surface area (Å²) >= 11 is 1.73. The Bertz CT molecular complexity index is 650. The Morgan fingerprint density at radius 2 is 1.92 bits per heavy atom. The van der Waals surface area contributed by atoms with Crippen molar-refractivity contribution in [1.82, 2.24) is 15.2 Å². The van der Waals surface area contributed by atoms with Gasteiger partial charge in [-0.2, -0.15) is 0 Å². The normalized spacial score (nSPS) is 15.2. The van der Waals surface area contributed by atoms with Crippen molar-refractivity contribution in [2.24, 2.45) is 4.99 Å². The highest BCUT2D eigenvalue weighted by atomic mass is 127. The van der Waals surface area contributed by atoms with Gasteiger partial charge in [0.15, 0.2) is 5.96 Å². The van der Waals surface area contributed by atoms with Crippen molar-refractivity contribution < 1.29 is 0 Å². The molecule has 1 fully saturated rings. The molecule has 1 saturated heterocycles. The summed E-state index contributed by atoms with van der Waals surface area (Å²) in [5.74, 6) is 0.963. The van der Waals surface area contributed by atoms with Crippen LogP contribution in [-0.2, 0) is 6.54 Å². The van der Waals surface area contributed by atoms with E-state index in [1.54, 1.807) is 11.3 Å². The second-order valence-electron chi connectivity index (χ2n) is 5.58. The zero-order valence-corrected chi connectivity index (χ0v) is 17.3. The average molecular weight is 457 g/mol. The molecule has 0 spiro atoms. The Morgan fingerprint density at radius 3 is 2.50 bits per heavy atom. The lowest BCUT2D eigenvalue weighted by Gasteiger charge is -2.37. The van der Waals surface area contributed by atoms with Gasteiger partial charge >= 0.3 is 0 Å². The predicted molar refractivity (Wildman–Crippen MR) is 113 cm³/mol. The fraction of sp³-hybridized carbons (Fsp3) is 0.412. The van der Waals surface area contributed by atoms with E-state index in [1.807, 2.05) is 13.2 Å². The van der Waals surface area contributed by atoms with Crippen LogP contribution < -0.4 is 10.2 Å². The third-order valence-electron chi connectivity index (χ3n) is 3.98. The Labute approximate surface area is 164 Å². The Balaban J connectivity index is 0.00000208. The highest BCUT2D eigenvalue weighted by Crippen LogP contribution is 2.16. The number of para-hydroxylation sites is 1. The summed E-state index contributed by atoms with van der Waals surface area (Å²) in [5, 5.41) is 4.53. The molecule has 1 N–H and O–H groups in total. The maximum absolute atomic E-state index is 4.42. The minimum absolute atomic E-state index is 0. The van der Waals surface area contributed by atoms with Crippen molar-refractivity contribution in [2.45, 2.75) is 13.5 Å². The third kappa shape index (κ3) is 4.83. The molecule has 2 heterocycles. The highest BCUT2D eigenvalue weighted by Gasteiger charge is 2.19. The first kappa shape index (κ1) is 19.0. The zero-order valence-electron chi connectivity index (χ0n) is 14.1. The smallest absolute Gasteiger partial charge is 0.194 e. The van der Waals surface area contributed by atoms with Crippen LogP contribution in [-0.4, -0.2) is 49.1 Å². The Kier molecular flexibility index (Phi) is 7.29. The topological polar surface area (TPSA) is 43.8 Å². The molecule has 5 nitrogen and oxygen atoms in total. The van der Waals surface area contributed by atoms with E-state index in [9.17, 15) is 0 Å². The van der Waals surface area contributed by atoms with Crippen LogP contribution in [0.2, 0.25) is 0 Å². The van der Waals surface area contributed by atoms with E-state index >= 15 is 0 Å². The quantitative estimate of drug-likeness (QED) is 0.438. The fourth-order valence-corrected chi connectivity index (χ4v) is 3.51. The molecule has 1 aliphatic rings. The van der Waals surface area contributed by atoms with Crippen LogP contribution in [0.4, 0.5) is 5.69 Å². The third-order valence-corrected chi connectivity index (χ3v) is 4.89. The number of rotatable bonds is 3. The summed E-state index contributed by atoms with van der Waals surface area (Å²) in [6, 6.07) is 10.6. The molecule has 0 unspecified atom stereocenters. The molecule has 2 aromatic rings. The van der Waals surface area contributed by atoms with E-state index in [2.05, 4.69) is 62.3 Å². The first-order chi connectivity index (χ1) is 11.3. The fourth-order valence-electron chi connectivity index (χ4n) is 2.79. The first-order valence-electron chi connectivity index (χ1n) is 7.93. The maximum Gasteiger partial charge on any atom is 0.194 e. The molecule has 1 aromatic carbocycles. The maximum atomic E-state index is 4.42. The van der Waals surface area contributed by atoms with E-state index in [4.69, 9.17) is 0 Å². The molecule has 0 bridgehead atoms. The molecular weight excluding hydrogens is 433 g/mol. The molecule has 0 amide bonds. The Hall–Kier alpha value is -1.35. The van der Waals surface area contributed by atoms with Gasteiger partial charge in [0.2, 0.25) is 0 Å². The van der Waals surface area contributed by atoms with E-state index in [-0.39, 0.29) is 24.0 Å². The molecule has 0 aliphatic carbocycles. The van der Waals surface area contributed by atoms with Crippen LogP contribution in [0.25, 0.3) is 0 Å². The van der Waals surface area contributed by atoms with Gasteiger partial charge in [-0.1, -0.05) is 18.2 Å². The number of hydrogen-bond acceptors (Lipinski definition) is 4. The number of aliphatic imine (C=N–C) groups is 1. The van der Waals surface area contributed by atoms with Gasteiger partial charge in [0.25, 0.3) is 0 Å². The van der Waals surface area contributed by atoms with Crippen molar-refractivity contribution >= 4 is 47.0 Å². The summed E-state index contributed by atoms with van der Waals surface area (Å²) in [5.41, 5.74) is 1.30. The number of aromatic nitrogens is 1. The van der Waals surface area contributed by atoms with Crippen LogP contribution in [0.5, 0.6) is 0 Å². The number of nitrogens with one attached hydrogen (secondary N) is 1. The van der Waals surface area contributed by atoms with Gasteiger partial charge in [-0.05, 0) is 19.1 Å². The molecule has 1 aromatic heterocycles. The number of hydrogen-bond donors (Lipinski definition) is 1. The molecule has 0 atom stereocenters. The van der Waals surface area contributed by atoms with Crippen LogP contribution >= 0.6 is 35.3 Å². The number of piperazine rings is 1. The highest BCUT2D eigenvalue weighted by molar-refractivity contribution is 14.0. The second-order valence-corrected chi connectivity index (χ2v) is 6.89. The van der Waals surface area contributed by atoms with Crippen LogP contribution in [0.15, 0.2) is 41.5 Å². The van der Waals surface area contributed by atoms with Gasteiger partial charge in [0.05, 0.1) is 6.54 Å². The van der Waals surface area contributed by atoms with Crippen molar-refractivity contribution in [3.63, 3.8) is 0 Å². The van der Waals surface area contributed by atoms with Gasteiger partial charge in [-0.3, -0.25) is 4.99 Å². The SMILES string of the molecule is CN=C(NCc1ncc(C)s1)N1CCN(c2ccccc2)CC1.I. The molecule has 0 radical (unpaired) electrons. The average Bonchev–Trinajstić information content (AvgIpc) is 3.02. The van der Waals surface area contributed by atoms with Crippen LogP contribution in [0, 0.1) is 6.92 Å². The molecule has 3 rings (SSSR count). The molecule has 130 valence electrons. The number of guanidine groups is 1. The van der Waals surface area contributed by atoms with Crippen molar-refractivity contribution in [2.75, 3.05) is 38.1 Å². The predicted octanol–water partition coefficient (Wildman–Crippen LogP) is 2.97. The van der Waals surface area contributed by atoms with Gasteiger partial charge < -0.3 is 15.1 Å². The van der Waals surface area contributed by atoms with Crippen LogP contribution in [0.1, 0.15) is 9.88 Å². The molecule has 7 heteroatoms. The zero-order chi connectivity index (χ0) is 16.1. The van der Waals surface area contributed by atoms with Gasteiger partial charge in [-0.15, -0.1) is 35.3 Å². The standard InChI is InChI=1S/C17H23N5S.HI/c1-14-12-19-16(23-14)13-20-17(18-2)22-10-8-21(9-11-22)15-6-4-3-5-7-15;/h3-7,12H,8-11,13H2,1-2H3,(H,18,20);1H. The summed E-state index contributed by atoms with van der Waals surface area (Å²) in [4.78, 5) is 14.8. The van der Waals surface area contributed by atoms with E-state index in [0.717, 1.165) is 43.7 Å². The van der Waals surface area contributed by atoms with Crippen molar-refractivity contribution in [3.05, 3.63) is 46.4 Å². The van der Waals surface area contributed by atoms with Gasteiger partial charge in [0.1, 0.15) is 5.01 Å². The van der Waals surface area contributed by atoms with E-state index in [1.165, 1.54) is 10.6 Å². The number of nitrogens with zero attached hydrogens (tertiary/aromatic N) is 4. The molecule has 24 heavy (non-hydrogen) atoms. The minimum Gasteiger partial charge on any atom is -0.368 e. The lowest BCUT2D eigenvalue weighted by molar-refractivity contribution is 0.372. The minimum atomic E-state index is 0. The summed E-state index contributed by atoms with van der Waals surface area (Å²) in [6.07, 6.45) is 1.92. The van der Waals surface area contributed by atoms with Gasteiger partial charge in [0, 0.05) is 50.0 Å². The molecular formula is C17H24IN5S. The number of thiazole rings is 1. The van der Waals surface area contributed by atoms with E-state index < -0.39 is 0 Å². The van der Waals surface area contributed by atoms with Gasteiger partial charge in [-0.25, -0.2) is 4.98 Å². The monoisotopic (exact) mass is 457 g/mol. The lowest BCUT2D eigenvalue weighted by atomic mass is 10.2.